The van der Waals surface area contributed by atoms with E-state index in [-0.39, 0.29) is 6.04 Å². The molecule has 1 atom stereocenters. The van der Waals surface area contributed by atoms with Crippen LogP contribution in [0.1, 0.15) is 31.9 Å². The number of hydrogen-bond donors (Lipinski definition) is 1. The van der Waals surface area contributed by atoms with Gasteiger partial charge in [0.15, 0.2) is 12.3 Å². The van der Waals surface area contributed by atoms with E-state index in [0.717, 1.165) is 12.5 Å². The quantitative estimate of drug-likeness (QED) is 0.764. The second-order valence-electron chi connectivity index (χ2n) is 4.30. The summed E-state index contributed by atoms with van der Waals surface area (Å²) in [7, 11) is 0. The van der Waals surface area contributed by atoms with E-state index < -0.39 is 11.6 Å². The molecule has 1 aromatic carbocycles. The monoisotopic (exact) mass is 225 g/mol. The maximum absolute atomic E-state index is 13.0. The van der Waals surface area contributed by atoms with Crippen LogP contribution in [-0.4, -0.2) is 16.9 Å². The van der Waals surface area contributed by atoms with Crippen LogP contribution in [0.15, 0.2) is 18.2 Å². The fraction of sp³-hybridized carbons (Fsp3) is 0.417. The number of hydrogen-bond acceptors (Lipinski definition) is 1. The second kappa shape index (κ2) is 4.20. The van der Waals surface area contributed by atoms with Gasteiger partial charge in [0.2, 0.25) is 0 Å². The van der Waals surface area contributed by atoms with Crippen molar-refractivity contribution in [3.63, 3.8) is 0 Å². The van der Waals surface area contributed by atoms with Crippen LogP contribution in [0.4, 0.5) is 8.78 Å². The smallest absolute Gasteiger partial charge is 0.175 e. The van der Waals surface area contributed by atoms with Gasteiger partial charge in [-0.25, -0.2) is 8.78 Å². The van der Waals surface area contributed by atoms with Gasteiger partial charge < -0.3 is 0 Å². The van der Waals surface area contributed by atoms with Crippen molar-refractivity contribution in [3.05, 3.63) is 35.4 Å². The number of nitrogens with one attached hydrogen (secondary N) is 1. The molecule has 0 radical (unpaired) electrons. The van der Waals surface area contributed by atoms with Crippen molar-refractivity contribution in [2.24, 2.45) is 0 Å². The highest BCUT2D eigenvalue weighted by molar-refractivity contribution is 5.54. The van der Waals surface area contributed by atoms with Crippen LogP contribution in [0, 0.1) is 11.6 Å². The van der Waals surface area contributed by atoms with Gasteiger partial charge in [-0.2, -0.15) is 5.43 Å². The van der Waals surface area contributed by atoms with E-state index in [0.29, 0.717) is 11.6 Å². The average Bonchev–Trinajstić information content (AvgIpc) is 2.64. The Hall–Kier alpha value is -1.45. The Morgan fingerprint density at radius 3 is 2.38 bits per heavy atom. The third kappa shape index (κ3) is 2.21. The van der Waals surface area contributed by atoms with E-state index in [4.69, 9.17) is 0 Å². The van der Waals surface area contributed by atoms with Crippen molar-refractivity contribution in [2.75, 3.05) is 0 Å². The lowest BCUT2D eigenvalue weighted by Crippen LogP contribution is -2.31. The fourth-order valence-electron chi connectivity index (χ4n) is 1.85. The molecule has 0 aliphatic carbocycles. The largest absolute Gasteiger partial charge is 0.207 e. The maximum atomic E-state index is 13.0. The molecular formula is C12H15F2N2+. The van der Waals surface area contributed by atoms with E-state index in [2.05, 4.69) is 19.3 Å². The van der Waals surface area contributed by atoms with E-state index in [9.17, 15) is 8.78 Å². The van der Waals surface area contributed by atoms with Crippen molar-refractivity contribution in [3.8, 4) is 0 Å². The third-order valence-corrected chi connectivity index (χ3v) is 2.69. The van der Waals surface area contributed by atoms with Gasteiger partial charge in [0, 0.05) is 6.07 Å². The number of nitrogens with zero attached hydrogens (tertiary/aromatic N) is 1. The third-order valence-electron chi connectivity index (χ3n) is 2.69. The summed E-state index contributed by atoms with van der Waals surface area (Å²) in [4.78, 5) is 0. The zero-order valence-electron chi connectivity index (χ0n) is 9.37. The van der Waals surface area contributed by atoms with Crippen LogP contribution in [0.25, 0.3) is 0 Å². The first kappa shape index (κ1) is 11.0. The van der Waals surface area contributed by atoms with E-state index in [1.165, 1.54) is 12.1 Å². The van der Waals surface area contributed by atoms with Crippen LogP contribution in [-0.2, 0) is 0 Å². The molecule has 0 fully saturated rings. The van der Waals surface area contributed by atoms with E-state index in [1.807, 2.05) is 10.9 Å². The molecule has 1 aromatic rings. The summed E-state index contributed by atoms with van der Waals surface area (Å²) in [6.07, 6.45) is 2.76. The molecule has 1 aliphatic rings. The van der Waals surface area contributed by atoms with Crippen molar-refractivity contribution in [2.45, 2.75) is 32.4 Å². The second-order valence-corrected chi connectivity index (χ2v) is 4.30. The Labute approximate surface area is 93.6 Å². The molecule has 2 rings (SSSR count). The number of hydrazine groups is 1. The Balaban J connectivity index is 2.16. The minimum atomic E-state index is -0.528. The first-order chi connectivity index (χ1) is 7.56. The van der Waals surface area contributed by atoms with Crippen LogP contribution in [0.5, 0.6) is 0 Å². The van der Waals surface area contributed by atoms with Gasteiger partial charge in [0.1, 0.15) is 17.7 Å². The molecule has 0 saturated carbocycles. The number of halogens is 2. The van der Waals surface area contributed by atoms with E-state index >= 15 is 0 Å². The van der Waals surface area contributed by atoms with Gasteiger partial charge in [-0.15, -0.1) is 4.68 Å². The minimum Gasteiger partial charge on any atom is -0.207 e. The molecule has 0 aromatic heterocycles. The normalized spacial score (nSPS) is 19.8. The lowest BCUT2D eigenvalue weighted by Gasteiger charge is -2.10. The Bertz CT molecular complexity index is 407. The average molecular weight is 225 g/mol. The molecule has 1 N–H and O–H groups in total. The Morgan fingerprint density at radius 2 is 1.88 bits per heavy atom. The molecule has 4 heteroatoms. The van der Waals surface area contributed by atoms with Crippen LogP contribution in [0.2, 0.25) is 0 Å². The van der Waals surface area contributed by atoms with Gasteiger partial charge in [0.25, 0.3) is 0 Å². The van der Waals surface area contributed by atoms with Gasteiger partial charge >= 0.3 is 0 Å². The van der Waals surface area contributed by atoms with Crippen molar-refractivity contribution < 1.29 is 13.5 Å². The van der Waals surface area contributed by atoms with Crippen LogP contribution in [0.3, 0.4) is 0 Å². The molecule has 0 amide bonds. The van der Waals surface area contributed by atoms with E-state index in [1.54, 1.807) is 0 Å². The number of hydrazone groups is 1. The molecule has 0 saturated heterocycles. The summed E-state index contributed by atoms with van der Waals surface area (Å²) >= 11 is 0. The highest BCUT2D eigenvalue weighted by Crippen LogP contribution is 2.21. The lowest BCUT2D eigenvalue weighted by atomic mass is 10.1. The zero-order valence-corrected chi connectivity index (χ0v) is 9.37. The van der Waals surface area contributed by atoms with Gasteiger partial charge in [-0.1, -0.05) is 0 Å². The van der Waals surface area contributed by atoms with Crippen molar-refractivity contribution >= 4 is 6.21 Å². The molecule has 0 bridgehead atoms. The molecular weight excluding hydrogens is 210 g/mol. The summed E-state index contributed by atoms with van der Waals surface area (Å²) < 4.78 is 28.1. The predicted molar refractivity (Wildman–Crippen MR) is 58.3 cm³/mol. The van der Waals surface area contributed by atoms with Gasteiger partial charge in [0.05, 0.1) is 6.42 Å². The molecule has 86 valence electrons. The standard InChI is InChI=1S/C12H15F2N2/c1-8(2)16-4-3-12(15-16)9-5-10(13)7-11(14)6-9/h4-8,12,15H,3H2,1-2H3/q+1. The SMILES string of the molecule is CC(C)[N+]1=CCC(c2cc(F)cc(F)c2)N1. The zero-order chi connectivity index (χ0) is 11.7. The van der Waals surface area contributed by atoms with Crippen molar-refractivity contribution in [1.29, 1.82) is 0 Å². The highest BCUT2D eigenvalue weighted by atomic mass is 19.1. The molecule has 1 aliphatic heterocycles. The van der Waals surface area contributed by atoms with Crippen molar-refractivity contribution in [1.82, 2.24) is 5.43 Å². The molecule has 2 nitrogen and oxygen atoms in total. The highest BCUT2D eigenvalue weighted by Gasteiger charge is 2.26. The van der Waals surface area contributed by atoms with Gasteiger partial charge in [-0.3, -0.25) is 0 Å². The predicted octanol–water partition coefficient (Wildman–Crippen LogP) is 2.41. The molecule has 16 heavy (non-hydrogen) atoms. The Kier molecular flexibility index (Phi) is 2.90. The summed E-state index contributed by atoms with van der Waals surface area (Å²) in [6, 6.07) is 3.94. The Morgan fingerprint density at radius 1 is 1.25 bits per heavy atom. The van der Waals surface area contributed by atoms with Gasteiger partial charge in [-0.05, 0) is 31.5 Å². The maximum Gasteiger partial charge on any atom is 0.175 e. The fourth-order valence-corrected chi connectivity index (χ4v) is 1.85. The van der Waals surface area contributed by atoms with Crippen LogP contribution < -0.4 is 5.43 Å². The minimum absolute atomic E-state index is 0.0346. The summed E-state index contributed by atoms with van der Waals surface area (Å²) in [6.45, 7) is 4.11. The number of rotatable bonds is 2. The first-order valence-corrected chi connectivity index (χ1v) is 5.40. The summed E-state index contributed by atoms with van der Waals surface area (Å²) in [5.41, 5.74) is 3.86. The lowest BCUT2D eigenvalue weighted by molar-refractivity contribution is -0.609. The van der Waals surface area contributed by atoms with Crippen LogP contribution >= 0.6 is 0 Å². The molecule has 0 spiro atoms. The molecule has 1 heterocycles. The number of benzene rings is 1. The summed E-state index contributed by atoms with van der Waals surface area (Å²) in [5.74, 6) is -1.06. The summed E-state index contributed by atoms with van der Waals surface area (Å²) in [5, 5.41) is 0. The first-order valence-electron chi connectivity index (χ1n) is 5.40. The molecule has 1 unspecified atom stereocenters. The topological polar surface area (TPSA) is 15.0 Å².